The standard InChI is InChI=1S/C10H22O.C2H6O2.CH2O2/c1-3-5-7-9-11-10-8-6-4-2;3-1-2-4;2-1-3/h3-10H2,1-2H3;3-4H,1-2H2;1H,(H,2,3). The summed E-state index contributed by atoms with van der Waals surface area (Å²) in [5.74, 6) is 0. The number of unbranched alkanes of at least 4 members (excludes halogenated alkanes) is 4. The lowest BCUT2D eigenvalue weighted by Gasteiger charge is -2.01. The first-order valence-electron chi connectivity index (χ1n) is 6.62. The van der Waals surface area contributed by atoms with E-state index < -0.39 is 0 Å². The van der Waals surface area contributed by atoms with Crippen molar-refractivity contribution in [2.24, 2.45) is 0 Å². The molecule has 112 valence electrons. The van der Waals surface area contributed by atoms with Crippen molar-refractivity contribution in [1.29, 1.82) is 0 Å². The van der Waals surface area contributed by atoms with Crippen LogP contribution in [0.3, 0.4) is 0 Å². The van der Waals surface area contributed by atoms with Crippen LogP contribution in [0.4, 0.5) is 0 Å². The van der Waals surface area contributed by atoms with Gasteiger partial charge < -0.3 is 20.1 Å². The Morgan fingerprint density at radius 1 is 0.889 bits per heavy atom. The molecule has 0 aliphatic carbocycles. The van der Waals surface area contributed by atoms with E-state index in [1.165, 1.54) is 38.5 Å². The van der Waals surface area contributed by atoms with Gasteiger partial charge in [0.05, 0.1) is 13.2 Å². The highest BCUT2D eigenvalue weighted by Crippen LogP contribution is 1.97. The van der Waals surface area contributed by atoms with Crippen molar-refractivity contribution in [2.45, 2.75) is 52.4 Å². The lowest BCUT2D eigenvalue weighted by atomic mass is 10.2. The second kappa shape index (κ2) is 29.9. The van der Waals surface area contributed by atoms with Gasteiger partial charge in [0.25, 0.3) is 6.47 Å². The second-order valence-electron chi connectivity index (χ2n) is 3.58. The summed E-state index contributed by atoms with van der Waals surface area (Å²) >= 11 is 0. The number of aliphatic hydroxyl groups is 2. The molecule has 0 unspecified atom stereocenters. The van der Waals surface area contributed by atoms with Crippen LogP contribution in [0.5, 0.6) is 0 Å². The Labute approximate surface area is 111 Å². The Kier molecular flexibility index (Phi) is 37.4. The summed E-state index contributed by atoms with van der Waals surface area (Å²) in [7, 11) is 0. The average molecular weight is 266 g/mol. The Bertz CT molecular complexity index is 110. The quantitative estimate of drug-likeness (QED) is 0.439. The summed E-state index contributed by atoms with van der Waals surface area (Å²) in [4.78, 5) is 8.36. The summed E-state index contributed by atoms with van der Waals surface area (Å²) in [6, 6.07) is 0. The molecule has 0 aliphatic rings. The fourth-order valence-corrected chi connectivity index (χ4v) is 1.01. The number of ether oxygens (including phenoxy) is 1. The van der Waals surface area contributed by atoms with Crippen molar-refractivity contribution in [1.82, 2.24) is 0 Å². The number of aliphatic hydroxyl groups excluding tert-OH is 2. The number of carbonyl (C=O) groups is 1. The molecule has 0 saturated heterocycles. The van der Waals surface area contributed by atoms with E-state index in [1.807, 2.05) is 0 Å². The highest BCUT2D eigenvalue weighted by atomic mass is 16.5. The van der Waals surface area contributed by atoms with Gasteiger partial charge in [-0.2, -0.15) is 0 Å². The van der Waals surface area contributed by atoms with Crippen molar-refractivity contribution in [2.75, 3.05) is 26.4 Å². The molecular formula is C13H30O5. The highest BCUT2D eigenvalue weighted by Gasteiger charge is 1.88. The number of carboxylic acid groups (broad SMARTS) is 1. The normalized spacial score (nSPS) is 8.67. The molecule has 0 fully saturated rings. The topological polar surface area (TPSA) is 87.0 Å². The van der Waals surface area contributed by atoms with E-state index in [1.54, 1.807) is 0 Å². The molecule has 0 amide bonds. The van der Waals surface area contributed by atoms with Crippen molar-refractivity contribution < 1.29 is 24.9 Å². The van der Waals surface area contributed by atoms with Crippen LogP contribution >= 0.6 is 0 Å². The van der Waals surface area contributed by atoms with Crippen LogP contribution in [-0.2, 0) is 9.53 Å². The SMILES string of the molecule is CCCCCOCCCCC.O=CO.OCCO. The van der Waals surface area contributed by atoms with Gasteiger partial charge in [-0.1, -0.05) is 39.5 Å². The van der Waals surface area contributed by atoms with Crippen LogP contribution in [0.1, 0.15) is 52.4 Å². The minimum Gasteiger partial charge on any atom is -0.483 e. The zero-order chi connectivity index (χ0) is 14.5. The van der Waals surface area contributed by atoms with Crippen molar-refractivity contribution >= 4 is 6.47 Å². The van der Waals surface area contributed by atoms with Gasteiger partial charge in [0.1, 0.15) is 0 Å². The van der Waals surface area contributed by atoms with E-state index in [4.69, 9.17) is 24.9 Å². The third kappa shape index (κ3) is 45.3. The Balaban J connectivity index is -0.000000266. The summed E-state index contributed by atoms with van der Waals surface area (Å²) in [6.07, 6.45) is 7.68. The van der Waals surface area contributed by atoms with Crippen LogP contribution in [-0.4, -0.2) is 48.2 Å². The van der Waals surface area contributed by atoms with Crippen LogP contribution in [0.25, 0.3) is 0 Å². The van der Waals surface area contributed by atoms with E-state index >= 15 is 0 Å². The molecule has 0 aromatic carbocycles. The third-order valence-electron chi connectivity index (χ3n) is 1.88. The Morgan fingerprint density at radius 2 is 1.22 bits per heavy atom. The van der Waals surface area contributed by atoms with Gasteiger partial charge >= 0.3 is 0 Å². The van der Waals surface area contributed by atoms with E-state index in [-0.39, 0.29) is 19.7 Å². The molecular weight excluding hydrogens is 236 g/mol. The third-order valence-corrected chi connectivity index (χ3v) is 1.88. The maximum Gasteiger partial charge on any atom is 0.290 e. The molecule has 0 rings (SSSR count). The molecule has 0 bridgehead atoms. The summed E-state index contributed by atoms with van der Waals surface area (Å²) in [6.45, 7) is 5.88. The zero-order valence-corrected chi connectivity index (χ0v) is 11.8. The largest absolute Gasteiger partial charge is 0.483 e. The highest BCUT2D eigenvalue weighted by molar-refractivity contribution is 5.32. The molecule has 0 atom stereocenters. The minimum atomic E-state index is -0.250. The smallest absolute Gasteiger partial charge is 0.290 e. The first-order valence-corrected chi connectivity index (χ1v) is 6.62. The van der Waals surface area contributed by atoms with Gasteiger partial charge in [-0.25, -0.2) is 0 Å². The van der Waals surface area contributed by atoms with Gasteiger partial charge in [-0.05, 0) is 12.8 Å². The first kappa shape index (κ1) is 22.5. The van der Waals surface area contributed by atoms with Gasteiger partial charge in [-0.15, -0.1) is 0 Å². The Hall–Kier alpha value is -0.650. The summed E-state index contributed by atoms with van der Waals surface area (Å²) < 4.78 is 5.44. The van der Waals surface area contributed by atoms with Gasteiger partial charge in [0, 0.05) is 13.2 Å². The molecule has 0 aromatic heterocycles. The van der Waals surface area contributed by atoms with E-state index in [0.29, 0.717) is 0 Å². The van der Waals surface area contributed by atoms with E-state index in [2.05, 4.69) is 13.8 Å². The predicted molar refractivity (Wildman–Crippen MR) is 72.7 cm³/mol. The lowest BCUT2D eigenvalue weighted by molar-refractivity contribution is -0.122. The summed E-state index contributed by atoms with van der Waals surface area (Å²) in [5, 5.41) is 22.1. The molecule has 0 radical (unpaired) electrons. The molecule has 18 heavy (non-hydrogen) atoms. The van der Waals surface area contributed by atoms with Gasteiger partial charge in [-0.3, -0.25) is 4.79 Å². The van der Waals surface area contributed by atoms with E-state index in [9.17, 15) is 0 Å². The molecule has 0 spiro atoms. The molecule has 0 aliphatic heterocycles. The van der Waals surface area contributed by atoms with Crippen LogP contribution in [0.2, 0.25) is 0 Å². The van der Waals surface area contributed by atoms with Crippen molar-refractivity contribution in [3.63, 3.8) is 0 Å². The minimum absolute atomic E-state index is 0.125. The predicted octanol–water partition coefficient (Wildman–Crippen LogP) is 2.06. The zero-order valence-electron chi connectivity index (χ0n) is 11.8. The van der Waals surface area contributed by atoms with Gasteiger partial charge in [0.15, 0.2) is 0 Å². The monoisotopic (exact) mass is 266 g/mol. The molecule has 0 heterocycles. The van der Waals surface area contributed by atoms with Crippen molar-refractivity contribution in [3.8, 4) is 0 Å². The first-order chi connectivity index (χ1) is 8.74. The Morgan fingerprint density at radius 3 is 1.44 bits per heavy atom. The molecule has 5 nitrogen and oxygen atoms in total. The average Bonchev–Trinajstić information content (AvgIpc) is 2.39. The second-order valence-corrected chi connectivity index (χ2v) is 3.58. The van der Waals surface area contributed by atoms with Crippen LogP contribution < -0.4 is 0 Å². The fourth-order valence-electron chi connectivity index (χ4n) is 1.01. The number of hydrogen-bond donors (Lipinski definition) is 3. The molecule has 0 aromatic rings. The summed E-state index contributed by atoms with van der Waals surface area (Å²) in [5.41, 5.74) is 0. The lowest BCUT2D eigenvalue weighted by Crippen LogP contribution is -1.96. The van der Waals surface area contributed by atoms with E-state index in [0.717, 1.165) is 13.2 Å². The molecule has 5 heteroatoms. The maximum atomic E-state index is 8.36. The number of rotatable bonds is 9. The fraction of sp³-hybridized carbons (Fsp3) is 0.923. The number of hydrogen-bond acceptors (Lipinski definition) is 4. The van der Waals surface area contributed by atoms with Crippen LogP contribution in [0, 0.1) is 0 Å². The van der Waals surface area contributed by atoms with Gasteiger partial charge in [0.2, 0.25) is 0 Å². The van der Waals surface area contributed by atoms with Crippen LogP contribution in [0.15, 0.2) is 0 Å². The molecule has 3 N–H and O–H groups in total. The maximum absolute atomic E-state index is 8.36. The van der Waals surface area contributed by atoms with Crippen molar-refractivity contribution in [3.05, 3.63) is 0 Å². The molecule has 0 saturated carbocycles.